The first-order valence-electron chi connectivity index (χ1n) is 7.71. The summed E-state index contributed by atoms with van der Waals surface area (Å²) in [6.07, 6.45) is 2.16. The fourth-order valence-corrected chi connectivity index (χ4v) is 3.11. The van der Waals surface area contributed by atoms with Crippen molar-refractivity contribution in [3.05, 3.63) is 0 Å². The Morgan fingerprint density at radius 3 is 2.65 bits per heavy atom. The highest BCUT2D eigenvalue weighted by molar-refractivity contribution is 5.81. The number of hydrogen-bond donors (Lipinski definition) is 1. The highest BCUT2D eigenvalue weighted by Crippen LogP contribution is 2.32. The van der Waals surface area contributed by atoms with Gasteiger partial charge < -0.3 is 15.1 Å². The fraction of sp³-hybridized carbons (Fsp3) is 0.857. The fourth-order valence-electron chi connectivity index (χ4n) is 3.11. The summed E-state index contributed by atoms with van der Waals surface area (Å²) in [6.45, 7) is 8.09. The lowest BCUT2D eigenvalue weighted by molar-refractivity contribution is -0.137. The summed E-state index contributed by atoms with van der Waals surface area (Å²) in [6, 6.07) is 0.352. The topological polar surface area (TPSA) is 55.9 Å². The maximum Gasteiger partial charge on any atom is 0.317 e. The number of rotatable bonds is 4. The number of hydrogen-bond acceptors (Lipinski definition) is 3. The Bertz CT molecular complexity index is 397. The molecule has 1 saturated carbocycles. The molecule has 1 atom stereocenters. The SMILES string of the molecule is C[C@@H]1CN(CCN2CCNC2=O)CCN1C(=O)C1CC1. The van der Waals surface area contributed by atoms with Crippen LogP contribution in [-0.4, -0.2) is 78.5 Å². The lowest BCUT2D eigenvalue weighted by atomic mass is 10.1. The lowest BCUT2D eigenvalue weighted by Crippen LogP contribution is -2.55. The first kappa shape index (κ1) is 13.7. The summed E-state index contributed by atoms with van der Waals surface area (Å²) < 4.78 is 0. The van der Waals surface area contributed by atoms with Crippen LogP contribution < -0.4 is 5.32 Å². The van der Waals surface area contributed by atoms with Gasteiger partial charge in [-0.25, -0.2) is 4.79 Å². The molecule has 3 aliphatic rings. The predicted molar refractivity (Wildman–Crippen MR) is 75.3 cm³/mol. The average Bonchev–Trinajstić information content (AvgIpc) is 3.20. The minimum absolute atomic E-state index is 0.0561. The van der Waals surface area contributed by atoms with Crippen LogP contribution in [-0.2, 0) is 4.79 Å². The normalized spacial score (nSPS) is 27.9. The molecule has 0 spiro atoms. The molecule has 2 aliphatic heterocycles. The van der Waals surface area contributed by atoms with Crippen molar-refractivity contribution >= 4 is 11.9 Å². The standard InChI is InChI=1S/C14H24N4O2/c1-11-10-16(6-8-17-5-4-15-14(17)20)7-9-18(11)13(19)12-2-3-12/h11-12H,2-10H2,1H3,(H,15,20)/t11-/m1/s1. The largest absolute Gasteiger partial charge is 0.337 e. The van der Waals surface area contributed by atoms with Crippen molar-refractivity contribution in [1.29, 1.82) is 0 Å². The van der Waals surface area contributed by atoms with Gasteiger partial charge >= 0.3 is 6.03 Å². The number of urea groups is 1. The van der Waals surface area contributed by atoms with E-state index in [0.29, 0.717) is 17.9 Å². The molecule has 1 N–H and O–H groups in total. The van der Waals surface area contributed by atoms with Gasteiger partial charge in [0.1, 0.15) is 0 Å². The minimum Gasteiger partial charge on any atom is -0.337 e. The van der Waals surface area contributed by atoms with Crippen molar-refractivity contribution in [2.45, 2.75) is 25.8 Å². The van der Waals surface area contributed by atoms with Gasteiger partial charge in [-0.15, -0.1) is 0 Å². The van der Waals surface area contributed by atoms with E-state index in [-0.39, 0.29) is 6.03 Å². The second kappa shape index (κ2) is 5.60. The monoisotopic (exact) mass is 280 g/mol. The van der Waals surface area contributed by atoms with Crippen molar-refractivity contribution in [3.8, 4) is 0 Å². The van der Waals surface area contributed by atoms with Gasteiger partial charge in [0.15, 0.2) is 0 Å². The molecule has 3 rings (SSSR count). The summed E-state index contributed by atoms with van der Waals surface area (Å²) in [7, 11) is 0. The molecule has 0 aromatic heterocycles. The second-order valence-corrected chi connectivity index (χ2v) is 6.17. The van der Waals surface area contributed by atoms with Gasteiger partial charge in [0.25, 0.3) is 0 Å². The number of amides is 3. The molecule has 3 amide bonds. The van der Waals surface area contributed by atoms with E-state index in [1.54, 1.807) is 0 Å². The summed E-state index contributed by atoms with van der Waals surface area (Å²) in [5, 5.41) is 2.82. The number of carbonyl (C=O) groups excluding carboxylic acids is 2. The summed E-state index contributed by atoms with van der Waals surface area (Å²) in [5.41, 5.74) is 0. The Kier molecular flexibility index (Phi) is 3.83. The van der Waals surface area contributed by atoms with E-state index in [1.165, 1.54) is 0 Å². The van der Waals surface area contributed by atoms with Crippen LogP contribution in [0.5, 0.6) is 0 Å². The summed E-state index contributed by atoms with van der Waals surface area (Å²) >= 11 is 0. The number of piperazine rings is 1. The van der Waals surface area contributed by atoms with E-state index in [4.69, 9.17) is 0 Å². The quantitative estimate of drug-likeness (QED) is 0.786. The molecule has 6 nitrogen and oxygen atoms in total. The predicted octanol–water partition coefficient (Wildman–Crippen LogP) is -0.0457. The van der Waals surface area contributed by atoms with E-state index < -0.39 is 0 Å². The highest BCUT2D eigenvalue weighted by Gasteiger charge is 2.37. The smallest absolute Gasteiger partial charge is 0.317 e. The van der Waals surface area contributed by atoms with Gasteiger partial charge in [0.2, 0.25) is 5.91 Å². The molecule has 0 radical (unpaired) electrons. The van der Waals surface area contributed by atoms with Gasteiger partial charge in [0.05, 0.1) is 0 Å². The molecule has 0 bridgehead atoms. The van der Waals surface area contributed by atoms with Gasteiger partial charge in [-0.2, -0.15) is 0 Å². The zero-order chi connectivity index (χ0) is 14.1. The van der Waals surface area contributed by atoms with Crippen LogP contribution in [0.15, 0.2) is 0 Å². The molecule has 112 valence electrons. The van der Waals surface area contributed by atoms with Crippen molar-refractivity contribution in [3.63, 3.8) is 0 Å². The van der Waals surface area contributed by atoms with Crippen molar-refractivity contribution in [1.82, 2.24) is 20.0 Å². The van der Waals surface area contributed by atoms with Crippen molar-refractivity contribution in [2.24, 2.45) is 5.92 Å². The van der Waals surface area contributed by atoms with E-state index in [9.17, 15) is 9.59 Å². The number of carbonyl (C=O) groups is 2. The van der Waals surface area contributed by atoms with E-state index in [2.05, 4.69) is 22.0 Å². The molecule has 20 heavy (non-hydrogen) atoms. The molecule has 0 unspecified atom stereocenters. The van der Waals surface area contributed by atoms with Crippen molar-refractivity contribution in [2.75, 3.05) is 45.8 Å². The molecule has 0 aromatic rings. The molecule has 2 heterocycles. The Morgan fingerprint density at radius 1 is 1.25 bits per heavy atom. The van der Waals surface area contributed by atoms with Crippen LogP contribution in [0.2, 0.25) is 0 Å². The number of nitrogens with zero attached hydrogens (tertiary/aromatic N) is 3. The van der Waals surface area contributed by atoms with Gasteiger partial charge in [-0.3, -0.25) is 9.69 Å². The molecule has 0 aromatic carbocycles. The Morgan fingerprint density at radius 2 is 2.05 bits per heavy atom. The van der Waals surface area contributed by atoms with Gasteiger partial charge in [0, 0.05) is 57.8 Å². The Hall–Kier alpha value is -1.30. The molecule has 6 heteroatoms. The van der Waals surface area contributed by atoms with E-state index in [0.717, 1.165) is 58.7 Å². The maximum atomic E-state index is 12.1. The van der Waals surface area contributed by atoms with Gasteiger partial charge in [-0.05, 0) is 19.8 Å². The summed E-state index contributed by atoms with van der Waals surface area (Å²) in [4.78, 5) is 29.9. The molecule has 3 fully saturated rings. The third-order valence-corrected chi connectivity index (χ3v) is 4.55. The second-order valence-electron chi connectivity index (χ2n) is 6.17. The first-order valence-corrected chi connectivity index (χ1v) is 7.71. The molecule has 1 aliphatic carbocycles. The van der Waals surface area contributed by atoms with Crippen LogP contribution in [0.3, 0.4) is 0 Å². The van der Waals surface area contributed by atoms with E-state index >= 15 is 0 Å². The van der Waals surface area contributed by atoms with E-state index in [1.807, 2.05) is 4.90 Å². The molecule has 2 saturated heterocycles. The highest BCUT2D eigenvalue weighted by atomic mass is 16.2. The maximum absolute atomic E-state index is 12.1. The lowest BCUT2D eigenvalue weighted by Gasteiger charge is -2.40. The average molecular weight is 280 g/mol. The molecular formula is C14H24N4O2. The zero-order valence-corrected chi connectivity index (χ0v) is 12.2. The van der Waals surface area contributed by atoms with Crippen molar-refractivity contribution < 1.29 is 9.59 Å². The Balaban J connectivity index is 1.44. The number of nitrogens with one attached hydrogen (secondary N) is 1. The van der Waals surface area contributed by atoms with Crippen LogP contribution in [0, 0.1) is 5.92 Å². The van der Waals surface area contributed by atoms with Crippen LogP contribution in [0.25, 0.3) is 0 Å². The first-order chi connectivity index (χ1) is 9.65. The van der Waals surface area contributed by atoms with Crippen LogP contribution >= 0.6 is 0 Å². The Labute approximate surface area is 120 Å². The molecular weight excluding hydrogens is 256 g/mol. The third kappa shape index (κ3) is 2.90. The minimum atomic E-state index is 0.0561. The third-order valence-electron chi connectivity index (χ3n) is 4.55. The zero-order valence-electron chi connectivity index (χ0n) is 12.2. The van der Waals surface area contributed by atoms with Gasteiger partial charge in [-0.1, -0.05) is 0 Å². The van der Waals surface area contributed by atoms with Crippen LogP contribution in [0.1, 0.15) is 19.8 Å². The van der Waals surface area contributed by atoms with Crippen LogP contribution in [0.4, 0.5) is 4.79 Å². The summed E-state index contributed by atoms with van der Waals surface area (Å²) in [5.74, 6) is 0.674.